The number of nitrogens with one attached hydrogen (secondary N) is 1. The predicted molar refractivity (Wildman–Crippen MR) is 71.3 cm³/mol. The van der Waals surface area contributed by atoms with E-state index in [1.807, 2.05) is 13.0 Å². The average molecular weight is 269 g/mol. The van der Waals surface area contributed by atoms with Crippen molar-refractivity contribution < 1.29 is 13.5 Å². The molecule has 1 aliphatic heterocycles. The minimum atomic E-state index is -2.88. The minimum Gasteiger partial charge on any atom is -0.508 e. The van der Waals surface area contributed by atoms with Crippen molar-refractivity contribution in [2.45, 2.75) is 31.1 Å². The van der Waals surface area contributed by atoms with E-state index in [9.17, 15) is 13.5 Å². The molecular weight excluding hydrogens is 250 g/mol. The highest BCUT2D eigenvalue weighted by molar-refractivity contribution is 7.92. The maximum absolute atomic E-state index is 11.7. The van der Waals surface area contributed by atoms with E-state index in [-0.39, 0.29) is 17.0 Å². The van der Waals surface area contributed by atoms with E-state index < -0.39 is 9.84 Å². The molecule has 0 saturated carbocycles. The SMILES string of the molecule is C[C@H](NCC1CCCS1(=O)=O)c1cccc(O)c1. The molecule has 1 heterocycles. The molecule has 1 aromatic rings. The Bertz CT molecular complexity index is 513. The van der Waals surface area contributed by atoms with Crippen LogP contribution < -0.4 is 5.32 Å². The summed E-state index contributed by atoms with van der Waals surface area (Å²) >= 11 is 0. The van der Waals surface area contributed by atoms with Crippen molar-refractivity contribution in [3.8, 4) is 5.75 Å². The lowest BCUT2D eigenvalue weighted by atomic mass is 10.1. The van der Waals surface area contributed by atoms with Crippen LogP contribution in [-0.2, 0) is 9.84 Å². The lowest BCUT2D eigenvalue weighted by Gasteiger charge is -2.17. The largest absolute Gasteiger partial charge is 0.508 e. The Balaban J connectivity index is 1.94. The summed E-state index contributed by atoms with van der Waals surface area (Å²) in [4.78, 5) is 0. The molecule has 1 fully saturated rings. The number of benzene rings is 1. The van der Waals surface area contributed by atoms with E-state index in [2.05, 4.69) is 5.32 Å². The number of sulfone groups is 1. The average Bonchev–Trinajstić information content (AvgIpc) is 2.65. The third-order valence-corrected chi connectivity index (χ3v) is 5.76. The van der Waals surface area contributed by atoms with Crippen LogP contribution in [0.5, 0.6) is 5.75 Å². The molecule has 0 aromatic heterocycles. The predicted octanol–water partition coefficient (Wildman–Crippen LogP) is 1.62. The molecule has 1 aromatic carbocycles. The molecule has 0 aliphatic carbocycles. The summed E-state index contributed by atoms with van der Waals surface area (Å²) in [5, 5.41) is 12.4. The van der Waals surface area contributed by atoms with Gasteiger partial charge in [-0.15, -0.1) is 0 Å². The van der Waals surface area contributed by atoms with Crippen molar-refractivity contribution in [3.05, 3.63) is 29.8 Å². The second-order valence-corrected chi connectivity index (χ2v) is 7.26. The van der Waals surface area contributed by atoms with E-state index in [0.717, 1.165) is 18.4 Å². The Morgan fingerprint density at radius 2 is 2.28 bits per heavy atom. The van der Waals surface area contributed by atoms with E-state index in [0.29, 0.717) is 12.3 Å². The van der Waals surface area contributed by atoms with Gasteiger partial charge < -0.3 is 10.4 Å². The van der Waals surface area contributed by atoms with Gasteiger partial charge in [-0.05, 0) is 37.5 Å². The lowest BCUT2D eigenvalue weighted by Crippen LogP contribution is -2.32. The molecule has 2 atom stereocenters. The first-order chi connectivity index (χ1) is 8.49. The molecule has 0 spiro atoms. The first-order valence-corrected chi connectivity index (χ1v) is 7.94. The number of phenolic OH excluding ortho intramolecular Hbond substituents is 1. The zero-order valence-electron chi connectivity index (χ0n) is 10.5. The third-order valence-electron chi connectivity index (χ3n) is 3.48. The fourth-order valence-corrected chi connectivity index (χ4v) is 4.09. The highest BCUT2D eigenvalue weighted by Crippen LogP contribution is 2.21. The molecule has 1 aliphatic rings. The number of hydrogen-bond acceptors (Lipinski definition) is 4. The molecule has 0 amide bonds. The quantitative estimate of drug-likeness (QED) is 0.871. The molecule has 0 radical (unpaired) electrons. The molecule has 2 N–H and O–H groups in total. The molecule has 100 valence electrons. The van der Waals surface area contributed by atoms with Crippen molar-refractivity contribution in [3.63, 3.8) is 0 Å². The second kappa shape index (κ2) is 5.28. The first-order valence-electron chi connectivity index (χ1n) is 6.23. The number of aromatic hydroxyl groups is 1. The Kier molecular flexibility index (Phi) is 3.92. The molecule has 1 unspecified atom stereocenters. The van der Waals surface area contributed by atoms with Crippen molar-refractivity contribution in [2.24, 2.45) is 0 Å². The van der Waals surface area contributed by atoms with Gasteiger partial charge >= 0.3 is 0 Å². The van der Waals surface area contributed by atoms with Gasteiger partial charge in [-0.3, -0.25) is 0 Å². The van der Waals surface area contributed by atoms with Crippen LogP contribution in [0.15, 0.2) is 24.3 Å². The Morgan fingerprint density at radius 1 is 1.50 bits per heavy atom. The van der Waals surface area contributed by atoms with Gasteiger partial charge in [0.2, 0.25) is 0 Å². The van der Waals surface area contributed by atoms with Gasteiger partial charge in [0, 0.05) is 12.6 Å². The fourth-order valence-electron chi connectivity index (χ4n) is 2.31. The second-order valence-electron chi connectivity index (χ2n) is 4.86. The van der Waals surface area contributed by atoms with Crippen LogP contribution in [0.4, 0.5) is 0 Å². The van der Waals surface area contributed by atoms with Crippen LogP contribution in [0.2, 0.25) is 0 Å². The fraction of sp³-hybridized carbons (Fsp3) is 0.538. The van der Waals surface area contributed by atoms with Gasteiger partial charge in [-0.25, -0.2) is 8.42 Å². The molecule has 2 rings (SSSR count). The van der Waals surface area contributed by atoms with Crippen molar-refractivity contribution in [2.75, 3.05) is 12.3 Å². The number of rotatable bonds is 4. The van der Waals surface area contributed by atoms with Crippen LogP contribution >= 0.6 is 0 Å². The van der Waals surface area contributed by atoms with Crippen LogP contribution in [0.1, 0.15) is 31.4 Å². The normalized spacial score (nSPS) is 23.9. The molecule has 18 heavy (non-hydrogen) atoms. The minimum absolute atomic E-state index is 0.0351. The maximum atomic E-state index is 11.7. The molecule has 0 bridgehead atoms. The van der Waals surface area contributed by atoms with E-state index in [4.69, 9.17) is 0 Å². The highest BCUT2D eigenvalue weighted by atomic mass is 32.2. The van der Waals surface area contributed by atoms with Crippen molar-refractivity contribution >= 4 is 9.84 Å². The molecule has 1 saturated heterocycles. The zero-order chi connectivity index (χ0) is 13.2. The van der Waals surface area contributed by atoms with Gasteiger partial charge in [0.25, 0.3) is 0 Å². The summed E-state index contributed by atoms with van der Waals surface area (Å²) < 4.78 is 23.4. The van der Waals surface area contributed by atoms with Crippen LogP contribution in [0.25, 0.3) is 0 Å². The zero-order valence-corrected chi connectivity index (χ0v) is 11.3. The lowest BCUT2D eigenvalue weighted by molar-refractivity contribution is 0.471. The summed E-state index contributed by atoms with van der Waals surface area (Å²) in [6.07, 6.45) is 1.53. The van der Waals surface area contributed by atoms with E-state index in [1.165, 1.54) is 0 Å². The van der Waals surface area contributed by atoms with Crippen LogP contribution in [-0.4, -0.2) is 31.1 Å². The summed E-state index contributed by atoms with van der Waals surface area (Å²) in [6, 6.07) is 7.06. The van der Waals surface area contributed by atoms with Crippen LogP contribution in [0.3, 0.4) is 0 Å². The molecule has 5 heteroatoms. The van der Waals surface area contributed by atoms with Crippen molar-refractivity contribution in [1.82, 2.24) is 5.32 Å². The van der Waals surface area contributed by atoms with Gasteiger partial charge in [0.15, 0.2) is 9.84 Å². The van der Waals surface area contributed by atoms with Gasteiger partial charge in [0.05, 0.1) is 11.0 Å². The molecule has 4 nitrogen and oxygen atoms in total. The van der Waals surface area contributed by atoms with E-state index >= 15 is 0 Å². The third kappa shape index (κ3) is 3.03. The summed E-state index contributed by atoms with van der Waals surface area (Å²) in [7, 11) is -2.88. The summed E-state index contributed by atoms with van der Waals surface area (Å²) in [6.45, 7) is 2.45. The van der Waals surface area contributed by atoms with Gasteiger partial charge in [-0.2, -0.15) is 0 Å². The standard InChI is InChI=1S/C13H19NO3S/c1-10(11-4-2-5-12(15)8-11)14-9-13-6-3-7-18(13,16)17/h2,4-5,8,10,13-15H,3,6-7,9H2,1H3/t10-,13?/m0/s1. The summed E-state index contributed by atoms with van der Waals surface area (Å²) in [5.74, 6) is 0.550. The van der Waals surface area contributed by atoms with Crippen LogP contribution in [0, 0.1) is 0 Å². The van der Waals surface area contributed by atoms with Gasteiger partial charge in [-0.1, -0.05) is 12.1 Å². The molecular formula is C13H19NO3S. The Hall–Kier alpha value is -1.07. The summed E-state index contributed by atoms with van der Waals surface area (Å²) in [5.41, 5.74) is 0.963. The Morgan fingerprint density at radius 3 is 2.89 bits per heavy atom. The van der Waals surface area contributed by atoms with Gasteiger partial charge in [0.1, 0.15) is 5.75 Å². The topological polar surface area (TPSA) is 66.4 Å². The van der Waals surface area contributed by atoms with Crippen molar-refractivity contribution in [1.29, 1.82) is 0 Å². The smallest absolute Gasteiger partial charge is 0.154 e. The highest BCUT2D eigenvalue weighted by Gasteiger charge is 2.31. The number of phenols is 1. The first kappa shape index (κ1) is 13.4. The number of hydrogen-bond donors (Lipinski definition) is 2. The van der Waals surface area contributed by atoms with E-state index in [1.54, 1.807) is 18.2 Å². The Labute approximate surface area is 108 Å². The monoisotopic (exact) mass is 269 g/mol. The maximum Gasteiger partial charge on any atom is 0.154 e.